The zero-order chi connectivity index (χ0) is 12.5. The number of para-hydroxylation sites is 1. The molecule has 0 unspecified atom stereocenters. The number of nitrogens with zero attached hydrogens (tertiary/aromatic N) is 1. The fraction of sp³-hybridized carbons (Fsp3) is 0.500. The third-order valence-corrected chi connectivity index (χ3v) is 3.42. The van der Waals surface area contributed by atoms with Gasteiger partial charge in [0.25, 0.3) is 0 Å². The molecule has 0 saturated heterocycles. The number of rotatable bonds is 8. The highest BCUT2D eigenvalue weighted by molar-refractivity contribution is 9.09. The van der Waals surface area contributed by atoms with Gasteiger partial charge in [0.1, 0.15) is 5.78 Å². The first-order valence-electron chi connectivity index (χ1n) is 6.08. The summed E-state index contributed by atoms with van der Waals surface area (Å²) >= 11 is 3.18. The minimum Gasteiger partial charge on any atom is -0.375 e. The molecule has 0 N–H and O–H groups in total. The third-order valence-electron chi connectivity index (χ3n) is 2.80. The number of carbonyl (C=O) groups excluding carboxylic acids is 1. The highest BCUT2D eigenvalue weighted by Gasteiger charge is 2.01. The number of carbonyl (C=O) groups is 1. The molecule has 0 amide bonds. The van der Waals surface area contributed by atoms with Crippen LogP contribution in [0.15, 0.2) is 30.3 Å². The SMILES string of the molecule is CN(CCCCCC(=O)CBr)c1ccccc1. The van der Waals surface area contributed by atoms with Gasteiger partial charge in [0.05, 0.1) is 5.33 Å². The van der Waals surface area contributed by atoms with E-state index in [2.05, 4.69) is 52.1 Å². The lowest BCUT2D eigenvalue weighted by Crippen LogP contribution is -2.18. The number of hydrogen-bond acceptors (Lipinski definition) is 2. The number of halogens is 1. The highest BCUT2D eigenvalue weighted by Crippen LogP contribution is 2.12. The Balaban J connectivity index is 2.13. The van der Waals surface area contributed by atoms with Gasteiger partial charge in [-0.25, -0.2) is 0 Å². The molecule has 0 heterocycles. The van der Waals surface area contributed by atoms with Crippen LogP contribution in [0.4, 0.5) is 5.69 Å². The number of alkyl halides is 1. The standard InChI is InChI=1S/C14H20BrNO/c1-16(13-8-4-2-5-9-13)11-7-3-6-10-14(17)12-15/h2,4-5,8-9H,3,6-7,10-12H2,1H3. The molecule has 0 spiro atoms. The summed E-state index contributed by atoms with van der Waals surface area (Å²) in [5, 5.41) is 0.497. The van der Waals surface area contributed by atoms with Gasteiger partial charge in [0, 0.05) is 25.7 Å². The number of unbranched alkanes of at least 4 members (excludes halogenated alkanes) is 2. The van der Waals surface area contributed by atoms with Crippen molar-refractivity contribution in [2.45, 2.75) is 25.7 Å². The van der Waals surface area contributed by atoms with Gasteiger partial charge >= 0.3 is 0 Å². The van der Waals surface area contributed by atoms with Gasteiger partial charge in [0.2, 0.25) is 0 Å². The second-order valence-electron chi connectivity index (χ2n) is 4.24. The maximum absolute atomic E-state index is 11.1. The molecule has 1 aromatic rings. The van der Waals surface area contributed by atoms with Crippen LogP contribution in [0.1, 0.15) is 25.7 Å². The smallest absolute Gasteiger partial charge is 0.143 e. The largest absolute Gasteiger partial charge is 0.375 e. The predicted octanol–water partition coefficient (Wildman–Crippen LogP) is 3.65. The Morgan fingerprint density at radius 3 is 2.53 bits per heavy atom. The monoisotopic (exact) mass is 297 g/mol. The highest BCUT2D eigenvalue weighted by atomic mass is 79.9. The number of ketones is 1. The quantitative estimate of drug-likeness (QED) is 0.539. The maximum atomic E-state index is 11.1. The van der Waals surface area contributed by atoms with E-state index in [4.69, 9.17) is 0 Å². The van der Waals surface area contributed by atoms with E-state index in [1.165, 1.54) is 5.69 Å². The van der Waals surface area contributed by atoms with Crippen LogP contribution >= 0.6 is 15.9 Å². The second-order valence-corrected chi connectivity index (χ2v) is 4.80. The van der Waals surface area contributed by atoms with E-state index in [1.54, 1.807) is 0 Å². The third kappa shape index (κ3) is 5.87. The normalized spacial score (nSPS) is 10.2. The Labute approximate surface area is 112 Å². The van der Waals surface area contributed by atoms with Crippen LogP contribution in [0.2, 0.25) is 0 Å². The predicted molar refractivity (Wildman–Crippen MR) is 77.0 cm³/mol. The molecule has 3 heteroatoms. The molecule has 0 saturated carbocycles. The van der Waals surface area contributed by atoms with Crippen LogP contribution in [0.25, 0.3) is 0 Å². The zero-order valence-corrected chi connectivity index (χ0v) is 11.9. The van der Waals surface area contributed by atoms with E-state index in [-0.39, 0.29) is 0 Å². The minimum absolute atomic E-state index is 0.307. The number of benzene rings is 1. The van der Waals surface area contributed by atoms with Crippen LogP contribution < -0.4 is 4.90 Å². The van der Waals surface area contributed by atoms with Crippen LogP contribution in [-0.4, -0.2) is 24.7 Å². The van der Waals surface area contributed by atoms with Crippen molar-refractivity contribution < 1.29 is 4.79 Å². The van der Waals surface area contributed by atoms with Crippen molar-refractivity contribution in [2.24, 2.45) is 0 Å². The van der Waals surface area contributed by atoms with Crippen molar-refractivity contribution in [3.63, 3.8) is 0 Å². The Morgan fingerprint density at radius 1 is 1.18 bits per heavy atom. The van der Waals surface area contributed by atoms with Crippen molar-refractivity contribution >= 4 is 27.4 Å². The number of Topliss-reactive ketones (excluding diaryl/α,β-unsaturated/α-hetero) is 1. The lowest BCUT2D eigenvalue weighted by molar-refractivity contribution is -0.116. The summed E-state index contributed by atoms with van der Waals surface area (Å²) in [6.45, 7) is 1.05. The summed E-state index contributed by atoms with van der Waals surface area (Å²) in [6, 6.07) is 10.4. The Morgan fingerprint density at radius 2 is 1.88 bits per heavy atom. The molecule has 0 fully saturated rings. The fourth-order valence-corrected chi connectivity index (χ4v) is 2.01. The summed E-state index contributed by atoms with van der Waals surface area (Å²) in [7, 11) is 2.11. The number of hydrogen-bond donors (Lipinski definition) is 0. The van der Waals surface area contributed by atoms with E-state index < -0.39 is 0 Å². The average Bonchev–Trinajstić information content (AvgIpc) is 2.38. The first-order valence-corrected chi connectivity index (χ1v) is 7.20. The Kier molecular flexibility index (Phi) is 6.94. The molecule has 1 rings (SSSR count). The lowest BCUT2D eigenvalue weighted by atomic mass is 10.1. The maximum Gasteiger partial charge on any atom is 0.143 e. The average molecular weight is 298 g/mol. The molecule has 0 aromatic heterocycles. The molecule has 0 aliphatic carbocycles. The molecule has 2 nitrogen and oxygen atoms in total. The van der Waals surface area contributed by atoms with Gasteiger partial charge in [-0.15, -0.1) is 0 Å². The van der Waals surface area contributed by atoms with E-state index >= 15 is 0 Å². The first kappa shape index (κ1) is 14.2. The van der Waals surface area contributed by atoms with Crippen LogP contribution in [0, 0.1) is 0 Å². The molecule has 0 aliphatic heterocycles. The molecule has 17 heavy (non-hydrogen) atoms. The fourth-order valence-electron chi connectivity index (χ4n) is 1.73. The summed E-state index contributed by atoms with van der Waals surface area (Å²) in [5.41, 5.74) is 1.25. The van der Waals surface area contributed by atoms with Crippen molar-refractivity contribution in [3.05, 3.63) is 30.3 Å². The van der Waals surface area contributed by atoms with Crippen molar-refractivity contribution in [3.8, 4) is 0 Å². The van der Waals surface area contributed by atoms with Crippen molar-refractivity contribution in [1.29, 1.82) is 0 Å². The topological polar surface area (TPSA) is 20.3 Å². The summed E-state index contributed by atoms with van der Waals surface area (Å²) < 4.78 is 0. The van der Waals surface area contributed by atoms with E-state index in [1.807, 2.05) is 6.07 Å². The molecular weight excluding hydrogens is 278 g/mol. The summed E-state index contributed by atoms with van der Waals surface area (Å²) in [5.74, 6) is 0.307. The molecule has 0 atom stereocenters. The molecule has 94 valence electrons. The van der Waals surface area contributed by atoms with Crippen LogP contribution in [0.5, 0.6) is 0 Å². The summed E-state index contributed by atoms with van der Waals surface area (Å²) in [4.78, 5) is 13.3. The zero-order valence-electron chi connectivity index (χ0n) is 10.4. The van der Waals surface area contributed by atoms with Gasteiger partial charge in [-0.1, -0.05) is 40.5 Å². The molecular formula is C14H20BrNO. The first-order chi connectivity index (χ1) is 8.24. The van der Waals surface area contributed by atoms with E-state index in [0.29, 0.717) is 17.5 Å². The van der Waals surface area contributed by atoms with Gasteiger partial charge < -0.3 is 4.90 Å². The van der Waals surface area contributed by atoms with Gasteiger partial charge in [-0.2, -0.15) is 0 Å². The van der Waals surface area contributed by atoms with Gasteiger partial charge in [-0.3, -0.25) is 4.79 Å². The van der Waals surface area contributed by atoms with Gasteiger partial charge in [-0.05, 0) is 25.0 Å². The van der Waals surface area contributed by atoms with E-state index in [9.17, 15) is 4.79 Å². The lowest BCUT2D eigenvalue weighted by Gasteiger charge is -2.18. The van der Waals surface area contributed by atoms with Crippen LogP contribution in [-0.2, 0) is 4.79 Å². The summed E-state index contributed by atoms with van der Waals surface area (Å²) in [6.07, 6.45) is 3.98. The Bertz CT molecular complexity index is 326. The van der Waals surface area contributed by atoms with Crippen molar-refractivity contribution in [2.75, 3.05) is 23.8 Å². The molecule has 0 radical (unpaired) electrons. The molecule has 0 bridgehead atoms. The molecule has 0 aliphatic rings. The minimum atomic E-state index is 0.307. The molecule has 1 aromatic carbocycles. The van der Waals surface area contributed by atoms with Crippen LogP contribution in [0.3, 0.4) is 0 Å². The van der Waals surface area contributed by atoms with Gasteiger partial charge in [0.15, 0.2) is 0 Å². The van der Waals surface area contributed by atoms with E-state index in [0.717, 1.165) is 25.8 Å². The van der Waals surface area contributed by atoms with Crippen molar-refractivity contribution in [1.82, 2.24) is 0 Å². The number of anilines is 1. The Hall–Kier alpha value is -0.830. The second kappa shape index (κ2) is 8.29.